The van der Waals surface area contributed by atoms with Crippen LogP contribution >= 0.6 is 11.6 Å². The summed E-state index contributed by atoms with van der Waals surface area (Å²) in [7, 11) is -3.27. The molecule has 1 atom stereocenters. The van der Waals surface area contributed by atoms with Gasteiger partial charge in [0.1, 0.15) is 0 Å². The van der Waals surface area contributed by atoms with E-state index < -0.39 is 10.2 Å². The van der Waals surface area contributed by atoms with Crippen LogP contribution < -0.4 is 0 Å². The van der Waals surface area contributed by atoms with Gasteiger partial charge in [0.2, 0.25) is 0 Å². The second-order valence-electron chi connectivity index (χ2n) is 5.81. The average molecular weight is 309 g/mol. The zero-order valence-electron chi connectivity index (χ0n) is 11.7. The Morgan fingerprint density at radius 3 is 2.37 bits per heavy atom. The third-order valence-electron chi connectivity index (χ3n) is 4.41. The van der Waals surface area contributed by atoms with E-state index >= 15 is 0 Å². The van der Waals surface area contributed by atoms with Crippen LogP contribution in [0.2, 0.25) is 0 Å². The number of hydrogen-bond acceptors (Lipinski definition) is 2. The Kier molecular flexibility index (Phi) is 5.52. The summed E-state index contributed by atoms with van der Waals surface area (Å²) in [5.74, 6) is 1.13. The van der Waals surface area contributed by atoms with Crippen molar-refractivity contribution in [3.8, 4) is 0 Å². The Hall–Kier alpha value is 0.160. The molecule has 2 aliphatic heterocycles. The van der Waals surface area contributed by atoms with Crippen LogP contribution in [-0.4, -0.2) is 48.6 Å². The highest BCUT2D eigenvalue weighted by Gasteiger charge is 2.35. The molecule has 1 unspecified atom stereocenters. The Balaban J connectivity index is 2.04. The van der Waals surface area contributed by atoms with Gasteiger partial charge in [0.05, 0.1) is 0 Å². The fourth-order valence-electron chi connectivity index (χ4n) is 3.03. The maximum atomic E-state index is 12.7. The number of alkyl halides is 1. The summed E-state index contributed by atoms with van der Waals surface area (Å²) < 4.78 is 28.8. The van der Waals surface area contributed by atoms with Crippen LogP contribution in [0.15, 0.2) is 0 Å². The van der Waals surface area contributed by atoms with E-state index in [9.17, 15) is 8.42 Å². The third kappa shape index (κ3) is 3.63. The van der Waals surface area contributed by atoms with Gasteiger partial charge in [-0.25, -0.2) is 0 Å². The van der Waals surface area contributed by atoms with E-state index in [1.54, 1.807) is 8.61 Å². The van der Waals surface area contributed by atoms with Crippen molar-refractivity contribution in [3.05, 3.63) is 0 Å². The normalized spacial score (nSPS) is 29.3. The summed E-state index contributed by atoms with van der Waals surface area (Å²) in [5, 5.41) is 0. The van der Waals surface area contributed by atoms with Gasteiger partial charge in [0.25, 0.3) is 10.2 Å². The molecule has 2 aliphatic rings. The minimum absolute atomic E-state index is 0.137. The van der Waals surface area contributed by atoms with Crippen molar-refractivity contribution in [2.24, 2.45) is 5.92 Å². The smallest absolute Gasteiger partial charge is 0.195 e. The molecule has 0 spiro atoms. The first-order valence-corrected chi connectivity index (χ1v) is 9.31. The van der Waals surface area contributed by atoms with E-state index in [2.05, 4.69) is 0 Å². The highest BCUT2D eigenvalue weighted by molar-refractivity contribution is 7.86. The first kappa shape index (κ1) is 15.5. The van der Waals surface area contributed by atoms with Gasteiger partial charge in [0.15, 0.2) is 0 Å². The maximum Gasteiger partial charge on any atom is 0.282 e. The van der Waals surface area contributed by atoms with Crippen molar-refractivity contribution in [3.63, 3.8) is 0 Å². The molecular weight excluding hydrogens is 284 g/mol. The Morgan fingerprint density at radius 2 is 1.74 bits per heavy atom. The quantitative estimate of drug-likeness (QED) is 0.751. The van der Waals surface area contributed by atoms with Gasteiger partial charge in [-0.3, -0.25) is 0 Å². The van der Waals surface area contributed by atoms with Crippen LogP contribution in [0, 0.1) is 5.92 Å². The second-order valence-corrected chi connectivity index (χ2v) is 8.00. The van der Waals surface area contributed by atoms with E-state index in [4.69, 9.17) is 11.6 Å². The molecule has 2 fully saturated rings. The molecule has 0 aromatic heterocycles. The van der Waals surface area contributed by atoms with Crippen molar-refractivity contribution in [1.82, 2.24) is 8.61 Å². The summed E-state index contributed by atoms with van der Waals surface area (Å²) in [6, 6.07) is 0.137. The number of piperidine rings is 1. The van der Waals surface area contributed by atoms with E-state index in [-0.39, 0.29) is 6.04 Å². The van der Waals surface area contributed by atoms with Gasteiger partial charge >= 0.3 is 0 Å². The first-order valence-electron chi connectivity index (χ1n) is 7.38. The lowest BCUT2D eigenvalue weighted by atomic mass is 10.0. The van der Waals surface area contributed by atoms with Crippen LogP contribution in [0.3, 0.4) is 0 Å². The molecule has 0 radical (unpaired) electrons. The van der Waals surface area contributed by atoms with Crippen LogP contribution in [0.5, 0.6) is 0 Å². The molecule has 2 heterocycles. The van der Waals surface area contributed by atoms with Crippen LogP contribution in [0.4, 0.5) is 0 Å². The molecule has 0 aliphatic carbocycles. The van der Waals surface area contributed by atoms with E-state index in [1.165, 1.54) is 0 Å². The lowest BCUT2D eigenvalue weighted by molar-refractivity contribution is 0.250. The van der Waals surface area contributed by atoms with E-state index in [1.807, 2.05) is 6.92 Å². The SMILES string of the molecule is CC1CCCCCN1S(=O)(=O)N1CCC(CCl)CC1. The van der Waals surface area contributed by atoms with Gasteiger partial charge in [0, 0.05) is 31.6 Å². The molecule has 0 bridgehead atoms. The van der Waals surface area contributed by atoms with E-state index in [0.717, 1.165) is 38.5 Å². The molecule has 0 amide bonds. The minimum Gasteiger partial charge on any atom is -0.195 e. The molecule has 0 aromatic carbocycles. The highest BCUT2D eigenvalue weighted by atomic mass is 35.5. The molecule has 2 rings (SSSR count). The lowest BCUT2D eigenvalue weighted by Gasteiger charge is -2.36. The highest BCUT2D eigenvalue weighted by Crippen LogP contribution is 2.26. The van der Waals surface area contributed by atoms with Crippen LogP contribution in [-0.2, 0) is 10.2 Å². The van der Waals surface area contributed by atoms with Crippen molar-refractivity contribution in [1.29, 1.82) is 0 Å². The maximum absolute atomic E-state index is 12.7. The molecule has 4 nitrogen and oxygen atoms in total. The molecule has 0 saturated carbocycles. The zero-order valence-corrected chi connectivity index (χ0v) is 13.3. The predicted octanol–water partition coefficient (Wildman–Crippen LogP) is 2.45. The van der Waals surface area contributed by atoms with Crippen LogP contribution in [0.25, 0.3) is 0 Å². The molecule has 6 heteroatoms. The number of nitrogens with zero attached hydrogens (tertiary/aromatic N) is 2. The lowest BCUT2D eigenvalue weighted by Crippen LogP contribution is -2.50. The van der Waals surface area contributed by atoms with Crippen molar-refractivity contribution in [2.75, 3.05) is 25.5 Å². The Morgan fingerprint density at radius 1 is 1.05 bits per heavy atom. The monoisotopic (exact) mass is 308 g/mol. The van der Waals surface area contributed by atoms with Gasteiger partial charge in [-0.2, -0.15) is 17.0 Å². The number of rotatable bonds is 3. The Labute approximate surface area is 122 Å². The molecular formula is C13H25ClN2O2S. The fraction of sp³-hybridized carbons (Fsp3) is 1.00. The Bertz CT molecular complexity index is 380. The van der Waals surface area contributed by atoms with Gasteiger partial charge in [-0.1, -0.05) is 12.8 Å². The van der Waals surface area contributed by atoms with Gasteiger partial charge < -0.3 is 0 Å². The molecule has 19 heavy (non-hydrogen) atoms. The van der Waals surface area contributed by atoms with Crippen molar-refractivity contribution in [2.45, 2.75) is 51.5 Å². The summed E-state index contributed by atoms with van der Waals surface area (Å²) in [6.45, 7) is 3.97. The fourth-order valence-corrected chi connectivity index (χ4v) is 5.23. The predicted molar refractivity (Wildman–Crippen MR) is 78.6 cm³/mol. The van der Waals surface area contributed by atoms with Gasteiger partial charge in [-0.15, -0.1) is 11.6 Å². The average Bonchev–Trinajstić information content (AvgIpc) is 2.64. The van der Waals surface area contributed by atoms with Crippen LogP contribution in [0.1, 0.15) is 45.4 Å². The summed E-state index contributed by atoms with van der Waals surface area (Å²) >= 11 is 5.86. The largest absolute Gasteiger partial charge is 0.282 e. The molecule has 0 N–H and O–H groups in total. The minimum atomic E-state index is -3.27. The van der Waals surface area contributed by atoms with Gasteiger partial charge in [-0.05, 0) is 38.5 Å². The summed E-state index contributed by atoms with van der Waals surface area (Å²) in [5.41, 5.74) is 0. The van der Waals surface area contributed by atoms with E-state index in [0.29, 0.717) is 31.4 Å². The topological polar surface area (TPSA) is 40.6 Å². The van der Waals surface area contributed by atoms with Crippen molar-refractivity contribution >= 4 is 21.8 Å². The van der Waals surface area contributed by atoms with Crippen molar-refractivity contribution < 1.29 is 8.42 Å². The molecule has 2 saturated heterocycles. The summed E-state index contributed by atoms with van der Waals surface area (Å²) in [6.07, 6.45) is 6.04. The second kappa shape index (κ2) is 6.74. The zero-order chi connectivity index (χ0) is 13.9. The third-order valence-corrected chi connectivity index (χ3v) is 7.00. The first-order chi connectivity index (χ1) is 9.05. The number of hydrogen-bond donors (Lipinski definition) is 0. The standard InChI is InChI=1S/C13H25ClN2O2S/c1-12-5-3-2-4-8-16(12)19(17,18)15-9-6-13(11-14)7-10-15/h12-13H,2-11H2,1H3. The summed E-state index contributed by atoms with van der Waals surface area (Å²) in [4.78, 5) is 0. The molecule has 0 aromatic rings. The number of halogens is 1. The molecule has 112 valence electrons.